The molecule has 1 N–H and O–H groups in total. The van der Waals surface area contributed by atoms with Crippen molar-refractivity contribution in [3.05, 3.63) is 35.9 Å². The number of methoxy groups -OCH3 is 1. The third-order valence-electron chi connectivity index (χ3n) is 7.28. The summed E-state index contributed by atoms with van der Waals surface area (Å²) in [5.41, 5.74) is 2.03. The highest BCUT2D eigenvalue weighted by Gasteiger charge is 2.40. The number of aliphatic hydroxyl groups excluding tert-OH is 1. The third kappa shape index (κ3) is 5.21. The zero-order chi connectivity index (χ0) is 18.2. The minimum atomic E-state index is -0.0228. The Hall–Kier alpha value is -0.643. The maximum absolute atomic E-state index is 9.94. The summed E-state index contributed by atoms with van der Waals surface area (Å²) in [5.74, 6) is 1.40. The van der Waals surface area contributed by atoms with Gasteiger partial charge >= 0.3 is 0 Å². The van der Waals surface area contributed by atoms with E-state index in [0.717, 1.165) is 25.4 Å². The van der Waals surface area contributed by atoms with Gasteiger partial charge in [0, 0.05) is 22.5 Å². The summed E-state index contributed by atoms with van der Waals surface area (Å²) in [6.07, 6.45) is 11.5. The van der Waals surface area contributed by atoms with Crippen LogP contribution in [0, 0.1) is 11.3 Å². The summed E-state index contributed by atoms with van der Waals surface area (Å²) in [4.78, 5) is 0. The molecule has 1 saturated carbocycles. The minimum Gasteiger partial charge on any atom is -0.393 e. The van der Waals surface area contributed by atoms with E-state index >= 15 is 0 Å². The van der Waals surface area contributed by atoms with Crippen molar-refractivity contribution >= 4 is 9.52 Å². The van der Waals surface area contributed by atoms with E-state index in [0.29, 0.717) is 11.3 Å². The topological polar surface area (TPSA) is 29.5 Å². The first kappa shape index (κ1) is 20.1. The highest BCUT2D eigenvalue weighted by atomic mass is 28.2. The van der Waals surface area contributed by atoms with Gasteiger partial charge in [0.2, 0.25) is 0 Å². The molecule has 1 aromatic rings. The Morgan fingerprint density at radius 2 is 1.81 bits per heavy atom. The van der Waals surface area contributed by atoms with Crippen LogP contribution in [0.15, 0.2) is 30.3 Å². The number of aliphatic hydroxyl groups is 1. The van der Waals surface area contributed by atoms with Crippen LogP contribution in [0.2, 0.25) is 12.1 Å². The predicted molar refractivity (Wildman–Crippen MR) is 113 cm³/mol. The Bertz CT molecular complexity index is 504. The quantitative estimate of drug-likeness (QED) is 0.654. The first-order valence-electron chi connectivity index (χ1n) is 11.0. The lowest BCUT2D eigenvalue weighted by molar-refractivity contribution is 0.0336. The molecule has 0 spiro atoms. The third-order valence-corrected chi connectivity index (χ3v) is 8.99. The fourth-order valence-corrected chi connectivity index (χ4v) is 8.04. The van der Waals surface area contributed by atoms with Gasteiger partial charge in [-0.3, -0.25) is 0 Å². The molecule has 2 nitrogen and oxygen atoms in total. The molecule has 26 heavy (non-hydrogen) atoms. The van der Waals surface area contributed by atoms with Gasteiger partial charge in [-0.15, -0.1) is 0 Å². The van der Waals surface area contributed by atoms with Gasteiger partial charge in [-0.05, 0) is 55.4 Å². The lowest BCUT2D eigenvalue weighted by atomic mass is 9.62. The molecule has 3 heteroatoms. The van der Waals surface area contributed by atoms with Crippen molar-refractivity contribution in [1.82, 2.24) is 0 Å². The first-order chi connectivity index (χ1) is 12.7. The van der Waals surface area contributed by atoms with E-state index in [-0.39, 0.29) is 15.6 Å². The van der Waals surface area contributed by atoms with Crippen molar-refractivity contribution < 1.29 is 9.84 Å². The minimum absolute atomic E-state index is 0.0228. The maximum atomic E-state index is 9.94. The second-order valence-electron chi connectivity index (χ2n) is 8.88. The van der Waals surface area contributed by atoms with Crippen LogP contribution in [0.3, 0.4) is 0 Å². The highest BCUT2D eigenvalue weighted by molar-refractivity contribution is 6.35. The van der Waals surface area contributed by atoms with Crippen LogP contribution < -0.4 is 0 Å². The van der Waals surface area contributed by atoms with E-state index in [1.54, 1.807) is 12.1 Å². The largest absolute Gasteiger partial charge is 0.393 e. The van der Waals surface area contributed by atoms with E-state index < -0.39 is 0 Å². The van der Waals surface area contributed by atoms with Gasteiger partial charge in [0.05, 0.1) is 12.7 Å². The fraction of sp³-hybridized carbons (Fsp3) is 0.739. The Labute approximate surface area is 162 Å². The van der Waals surface area contributed by atoms with Gasteiger partial charge in [0.15, 0.2) is 0 Å². The molecule has 3 rings (SSSR count). The van der Waals surface area contributed by atoms with E-state index in [1.807, 2.05) is 7.11 Å². The Kier molecular flexibility index (Phi) is 7.77. The molecule has 0 radical (unpaired) electrons. The molecule has 0 bridgehead atoms. The normalized spacial score (nSPS) is 31.8. The molecular formula is C23H38O2Si. The van der Waals surface area contributed by atoms with E-state index in [4.69, 9.17) is 4.74 Å². The van der Waals surface area contributed by atoms with Crippen LogP contribution in [0.4, 0.5) is 0 Å². The standard InChI is InChI=1S/C23H38O2Si/c1-25-18-20(19-6-3-2-4-7-19)8-5-13-23(14-16-26-17-15-23)21-9-11-22(24)12-10-21/h2-4,6-7,20-22,24H,5,8-18,26H2,1H3. The zero-order valence-corrected chi connectivity index (χ0v) is 18.1. The maximum Gasteiger partial charge on any atom is 0.0540 e. The molecule has 0 amide bonds. The first-order valence-corrected chi connectivity index (χ1v) is 13.0. The highest BCUT2D eigenvalue weighted by Crippen LogP contribution is 2.51. The van der Waals surface area contributed by atoms with Gasteiger partial charge < -0.3 is 9.84 Å². The molecule has 1 saturated heterocycles. The summed E-state index contributed by atoms with van der Waals surface area (Å²) in [5, 5.41) is 9.94. The number of benzene rings is 1. The predicted octanol–water partition coefficient (Wildman–Crippen LogP) is 4.92. The van der Waals surface area contributed by atoms with E-state index in [9.17, 15) is 5.11 Å². The van der Waals surface area contributed by atoms with E-state index in [1.165, 1.54) is 50.5 Å². The average Bonchev–Trinajstić information content (AvgIpc) is 2.69. The van der Waals surface area contributed by atoms with Crippen LogP contribution in [-0.2, 0) is 4.74 Å². The summed E-state index contributed by atoms with van der Waals surface area (Å²) in [7, 11) is 2.07. The van der Waals surface area contributed by atoms with Crippen molar-refractivity contribution in [1.29, 1.82) is 0 Å². The number of rotatable bonds is 8. The van der Waals surface area contributed by atoms with Crippen molar-refractivity contribution in [3.63, 3.8) is 0 Å². The van der Waals surface area contributed by atoms with E-state index in [2.05, 4.69) is 30.3 Å². The Morgan fingerprint density at radius 1 is 1.12 bits per heavy atom. The van der Waals surface area contributed by atoms with Gasteiger partial charge in [-0.2, -0.15) is 0 Å². The lowest BCUT2D eigenvalue weighted by Gasteiger charge is -2.46. The summed E-state index contributed by atoms with van der Waals surface area (Å²) >= 11 is 0. The van der Waals surface area contributed by atoms with Gasteiger partial charge in [0.25, 0.3) is 0 Å². The molecule has 1 atom stereocenters. The number of ether oxygens (including phenoxy) is 1. The van der Waals surface area contributed by atoms with Gasteiger partial charge in [0.1, 0.15) is 0 Å². The Morgan fingerprint density at radius 3 is 2.46 bits per heavy atom. The smallest absolute Gasteiger partial charge is 0.0540 e. The molecule has 1 aliphatic heterocycles. The van der Waals surface area contributed by atoms with Crippen LogP contribution in [0.1, 0.15) is 69.3 Å². The molecule has 2 aliphatic rings. The molecule has 146 valence electrons. The van der Waals surface area contributed by atoms with Gasteiger partial charge in [-0.25, -0.2) is 0 Å². The number of hydrogen-bond acceptors (Lipinski definition) is 2. The molecule has 2 fully saturated rings. The Balaban J connectivity index is 1.60. The van der Waals surface area contributed by atoms with Crippen LogP contribution in [-0.4, -0.2) is 34.4 Å². The second kappa shape index (κ2) is 10.1. The monoisotopic (exact) mass is 374 g/mol. The zero-order valence-electron chi connectivity index (χ0n) is 16.7. The summed E-state index contributed by atoms with van der Waals surface area (Å²) in [6.45, 7) is 0.833. The van der Waals surface area contributed by atoms with Crippen LogP contribution in [0.5, 0.6) is 0 Å². The lowest BCUT2D eigenvalue weighted by Crippen LogP contribution is -2.37. The molecule has 1 aromatic carbocycles. The summed E-state index contributed by atoms with van der Waals surface area (Å²) in [6, 6.07) is 14.0. The fourth-order valence-electron chi connectivity index (χ4n) is 5.78. The van der Waals surface area contributed by atoms with Crippen LogP contribution in [0.25, 0.3) is 0 Å². The molecular weight excluding hydrogens is 336 g/mol. The number of hydrogen-bond donors (Lipinski definition) is 1. The van der Waals surface area contributed by atoms with Crippen molar-refractivity contribution in [3.8, 4) is 0 Å². The molecule has 0 aromatic heterocycles. The van der Waals surface area contributed by atoms with Gasteiger partial charge in [-0.1, -0.05) is 61.7 Å². The molecule has 1 heterocycles. The second-order valence-corrected chi connectivity index (χ2v) is 11.0. The SMILES string of the molecule is COCC(CCCC1(C2CCC(O)CC2)CC[SiH2]CC1)c1ccccc1. The molecule has 1 aliphatic carbocycles. The van der Waals surface area contributed by atoms with Crippen molar-refractivity contribution in [2.24, 2.45) is 11.3 Å². The molecule has 1 unspecified atom stereocenters. The van der Waals surface area contributed by atoms with Crippen molar-refractivity contribution in [2.45, 2.75) is 81.9 Å². The van der Waals surface area contributed by atoms with Crippen molar-refractivity contribution in [2.75, 3.05) is 13.7 Å². The summed E-state index contributed by atoms with van der Waals surface area (Å²) < 4.78 is 5.53. The van der Waals surface area contributed by atoms with Crippen LogP contribution >= 0.6 is 0 Å². The average molecular weight is 375 g/mol.